The molecule has 10 rings (SSSR count). The zero-order chi connectivity index (χ0) is 28.1. The molecular weight excluding hydrogens is 530 g/mol. The maximum absolute atomic E-state index is 6.73. The van der Waals surface area contributed by atoms with E-state index >= 15 is 0 Å². The highest BCUT2D eigenvalue weighted by atomic mass is 16.3. The van der Waals surface area contributed by atoms with Crippen LogP contribution in [0.2, 0.25) is 0 Å². The van der Waals surface area contributed by atoms with Crippen LogP contribution in [0.5, 0.6) is 0 Å². The Kier molecular flexibility index (Phi) is 4.39. The average molecular weight is 552 g/mol. The monoisotopic (exact) mass is 551 g/mol. The van der Waals surface area contributed by atoms with Crippen molar-refractivity contribution in [3.8, 4) is 17.2 Å². The lowest BCUT2D eigenvalue weighted by molar-refractivity contribution is 0.666. The molecule has 0 aliphatic rings. The molecule has 200 valence electrons. The summed E-state index contributed by atoms with van der Waals surface area (Å²) in [7, 11) is 0. The van der Waals surface area contributed by atoms with Crippen LogP contribution >= 0.6 is 0 Å². The van der Waals surface area contributed by atoms with Gasteiger partial charge in [-0.15, -0.1) is 0 Å². The van der Waals surface area contributed by atoms with Crippen molar-refractivity contribution in [3.63, 3.8) is 0 Å². The molecule has 0 fully saturated rings. The Labute approximate surface area is 244 Å². The van der Waals surface area contributed by atoms with Crippen molar-refractivity contribution in [1.82, 2.24) is 14.5 Å². The molecule has 0 aliphatic heterocycles. The van der Waals surface area contributed by atoms with Crippen LogP contribution in [-0.2, 0) is 0 Å². The third-order valence-electron chi connectivity index (χ3n) is 8.61. The highest BCUT2D eigenvalue weighted by Gasteiger charge is 2.25. The molecule has 4 heterocycles. The Balaban J connectivity index is 1.46. The van der Waals surface area contributed by atoms with Crippen molar-refractivity contribution in [3.05, 3.63) is 127 Å². The van der Waals surface area contributed by atoms with Crippen LogP contribution in [0.15, 0.2) is 136 Å². The number of fused-ring (bicyclic) bond motifs is 13. The molecule has 0 bridgehead atoms. The van der Waals surface area contributed by atoms with E-state index in [1.54, 1.807) is 0 Å². The Morgan fingerprint density at radius 3 is 1.84 bits per heavy atom. The summed E-state index contributed by atoms with van der Waals surface area (Å²) < 4.78 is 15.3. The molecule has 0 atom stereocenters. The average Bonchev–Trinajstić information content (AvgIpc) is 3.75. The second kappa shape index (κ2) is 8.30. The minimum absolute atomic E-state index is 0.571. The van der Waals surface area contributed by atoms with E-state index in [1.165, 1.54) is 10.8 Å². The topological polar surface area (TPSA) is 57.0 Å². The van der Waals surface area contributed by atoms with Gasteiger partial charge in [-0.3, -0.25) is 4.57 Å². The summed E-state index contributed by atoms with van der Waals surface area (Å²) in [6.45, 7) is 0. The van der Waals surface area contributed by atoms with Gasteiger partial charge in [-0.2, -0.15) is 0 Å². The first-order valence-electron chi connectivity index (χ1n) is 14.4. The lowest BCUT2D eigenvalue weighted by atomic mass is 9.99. The number of hydrogen-bond acceptors (Lipinski definition) is 4. The number of rotatable bonds is 2. The fourth-order valence-corrected chi connectivity index (χ4v) is 6.80. The molecule has 10 aromatic rings. The van der Waals surface area contributed by atoms with Gasteiger partial charge in [-0.05, 0) is 35.0 Å². The van der Waals surface area contributed by atoms with Gasteiger partial charge in [-0.25, -0.2) is 9.97 Å². The van der Waals surface area contributed by atoms with Gasteiger partial charge in [0.1, 0.15) is 27.9 Å². The van der Waals surface area contributed by atoms with E-state index < -0.39 is 0 Å². The SMILES string of the molecule is c1ccc(-c2nc(-n3c4ccccc4c4c5ccccc5c5c6ccccc6oc5c43)nc3c2oc2ccccc23)cc1. The highest BCUT2D eigenvalue weighted by Crippen LogP contribution is 2.45. The van der Waals surface area contributed by atoms with Crippen LogP contribution in [0, 0.1) is 0 Å². The smallest absolute Gasteiger partial charge is 0.236 e. The van der Waals surface area contributed by atoms with Crippen molar-refractivity contribution in [1.29, 1.82) is 0 Å². The quantitative estimate of drug-likeness (QED) is 0.214. The first kappa shape index (κ1) is 22.7. The van der Waals surface area contributed by atoms with E-state index in [2.05, 4.69) is 83.4 Å². The van der Waals surface area contributed by atoms with Crippen LogP contribution in [-0.4, -0.2) is 14.5 Å². The van der Waals surface area contributed by atoms with E-state index in [1.807, 2.05) is 48.5 Å². The van der Waals surface area contributed by atoms with Gasteiger partial charge in [0.2, 0.25) is 5.95 Å². The fourth-order valence-electron chi connectivity index (χ4n) is 6.80. The maximum atomic E-state index is 6.73. The van der Waals surface area contributed by atoms with Crippen LogP contribution in [0.1, 0.15) is 0 Å². The summed E-state index contributed by atoms with van der Waals surface area (Å²) in [5, 5.41) is 7.73. The summed E-state index contributed by atoms with van der Waals surface area (Å²) >= 11 is 0. The molecule has 0 amide bonds. The Hall–Kier alpha value is -5.94. The first-order chi connectivity index (χ1) is 21.3. The van der Waals surface area contributed by atoms with Crippen molar-refractivity contribution in [2.75, 3.05) is 0 Å². The lowest BCUT2D eigenvalue weighted by Crippen LogP contribution is -2.03. The zero-order valence-corrected chi connectivity index (χ0v) is 22.8. The number of nitrogens with zero attached hydrogens (tertiary/aromatic N) is 3. The normalized spacial score (nSPS) is 12.2. The third kappa shape index (κ3) is 3.00. The molecule has 0 radical (unpaired) electrons. The standard InChI is InChI=1S/C38H21N3O2/c1-2-12-22(13-3-1)33-37-34(27-18-8-11-21-30(27)43-37)40-38(39-33)41-28-19-9-6-16-25(28)31-23-14-4-5-15-24(23)32-26-17-7-10-20-29(26)42-36(32)35(31)41/h1-21H. The van der Waals surface area contributed by atoms with Crippen LogP contribution in [0.25, 0.3) is 93.8 Å². The number of para-hydroxylation sites is 3. The highest BCUT2D eigenvalue weighted by molar-refractivity contribution is 6.35. The second-order valence-corrected chi connectivity index (χ2v) is 10.9. The molecule has 0 saturated heterocycles. The molecule has 0 aliphatic carbocycles. The van der Waals surface area contributed by atoms with Gasteiger partial charge in [0.25, 0.3) is 0 Å². The van der Waals surface area contributed by atoms with E-state index in [9.17, 15) is 0 Å². The van der Waals surface area contributed by atoms with E-state index in [0.717, 1.165) is 71.5 Å². The molecule has 0 saturated carbocycles. The second-order valence-electron chi connectivity index (χ2n) is 10.9. The van der Waals surface area contributed by atoms with Gasteiger partial charge in [0, 0.05) is 32.5 Å². The summed E-state index contributed by atoms with van der Waals surface area (Å²) in [5.74, 6) is 0.571. The predicted octanol–water partition coefficient (Wildman–Crippen LogP) is 10.2. The molecule has 0 N–H and O–H groups in total. The number of benzene rings is 6. The number of aromatic nitrogens is 3. The molecular formula is C38H21N3O2. The summed E-state index contributed by atoms with van der Waals surface area (Å²) in [4.78, 5) is 10.5. The summed E-state index contributed by atoms with van der Waals surface area (Å²) in [5.41, 5.74) is 7.62. The van der Waals surface area contributed by atoms with Gasteiger partial charge < -0.3 is 8.83 Å². The predicted molar refractivity (Wildman–Crippen MR) is 174 cm³/mol. The van der Waals surface area contributed by atoms with Gasteiger partial charge in [0.05, 0.1) is 5.52 Å². The molecule has 0 spiro atoms. The van der Waals surface area contributed by atoms with Crippen molar-refractivity contribution in [2.24, 2.45) is 0 Å². The molecule has 5 heteroatoms. The number of furan rings is 2. The molecule has 0 unspecified atom stereocenters. The zero-order valence-electron chi connectivity index (χ0n) is 22.8. The minimum Gasteiger partial charge on any atom is -0.454 e. The van der Waals surface area contributed by atoms with Crippen molar-refractivity contribution in [2.45, 2.75) is 0 Å². The van der Waals surface area contributed by atoms with E-state index in [-0.39, 0.29) is 0 Å². The van der Waals surface area contributed by atoms with Gasteiger partial charge in [0.15, 0.2) is 11.2 Å². The van der Waals surface area contributed by atoms with Gasteiger partial charge >= 0.3 is 0 Å². The Morgan fingerprint density at radius 2 is 1.05 bits per heavy atom. The van der Waals surface area contributed by atoms with Crippen molar-refractivity contribution >= 4 is 76.6 Å². The van der Waals surface area contributed by atoms with Crippen molar-refractivity contribution < 1.29 is 8.83 Å². The summed E-state index contributed by atoms with van der Waals surface area (Å²) in [6, 6.07) is 43.6. The number of hydrogen-bond donors (Lipinski definition) is 0. The van der Waals surface area contributed by atoms with E-state index in [4.69, 9.17) is 18.8 Å². The van der Waals surface area contributed by atoms with Crippen LogP contribution in [0.3, 0.4) is 0 Å². The first-order valence-corrected chi connectivity index (χ1v) is 14.4. The van der Waals surface area contributed by atoms with Gasteiger partial charge in [-0.1, -0.05) is 103 Å². The fraction of sp³-hybridized carbons (Fsp3) is 0. The maximum Gasteiger partial charge on any atom is 0.236 e. The summed E-state index contributed by atoms with van der Waals surface area (Å²) in [6.07, 6.45) is 0. The molecule has 43 heavy (non-hydrogen) atoms. The molecule has 6 aromatic carbocycles. The van der Waals surface area contributed by atoms with Crippen LogP contribution in [0.4, 0.5) is 0 Å². The lowest BCUT2D eigenvalue weighted by Gasteiger charge is -2.10. The third-order valence-corrected chi connectivity index (χ3v) is 8.61. The Morgan fingerprint density at radius 1 is 0.465 bits per heavy atom. The molecule has 4 aromatic heterocycles. The van der Waals surface area contributed by atoms with Crippen LogP contribution < -0.4 is 0 Å². The minimum atomic E-state index is 0.571. The Bertz CT molecular complexity index is 2730. The largest absolute Gasteiger partial charge is 0.454 e. The van der Waals surface area contributed by atoms with E-state index in [0.29, 0.717) is 11.5 Å². The molecule has 5 nitrogen and oxygen atoms in total.